The van der Waals surface area contributed by atoms with Crippen molar-refractivity contribution < 1.29 is 0 Å². The van der Waals surface area contributed by atoms with E-state index in [0.717, 1.165) is 12.3 Å². The second kappa shape index (κ2) is 6.65. The van der Waals surface area contributed by atoms with E-state index in [4.69, 9.17) is 4.99 Å². The summed E-state index contributed by atoms with van der Waals surface area (Å²) >= 11 is 1.87. The number of amidine groups is 1. The third kappa shape index (κ3) is 2.73. The van der Waals surface area contributed by atoms with E-state index in [9.17, 15) is 0 Å². The fourth-order valence-electron chi connectivity index (χ4n) is 3.94. The van der Waals surface area contributed by atoms with Crippen molar-refractivity contribution in [3.05, 3.63) is 107 Å². The zero-order valence-electron chi connectivity index (χ0n) is 14.5. The van der Waals surface area contributed by atoms with Gasteiger partial charge in [0, 0.05) is 12.3 Å². The van der Waals surface area contributed by atoms with E-state index in [-0.39, 0.29) is 12.1 Å². The fraction of sp³-hybridized carbons (Fsp3) is 0.174. The Hall–Kier alpha value is -2.52. The number of benzene rings is 3. The number of hydrogen-bond acceptors (Lipinski definition) is 3. The summed E-state index contributed by atoms with van der Waals surface area (Å²) < 4.78 is 0. The highest BCUT2D eigenvalue weighted by molar-refractivity contribution is 8.13. The second-order valence-corrected chi connectivity index (χ2v) is 7.75. The van der Waals surface area contributed by atoms with E-state index in [0.29, 0.717) is 0 Å². The number of thioether (sulfide) groups is 1. The topological polar surface area (TPSA) is 15.6 Å². The molecule has 0 aromatic heterocycles. The maximum Gasteiger partial charge on any atom is 0.161 e. The van der Waals surface area contributed by atoms with E-state index in [1.807, 2.05) is 11.8 Å². The smallest absolute Gasteiger partial charge is 0.161 e. The highest BCUT2D eigenvalue weighted by atomic mass is 32.2. The summed E-state index contributed by atoms with van der Waals surface area (Å²) in [6.45, 7) is 0.922. The summed E-state index contributed by atoms with van der Waals surface area (Å²) in [6.07, 6.45) is 0. The van der Waals surface area contributed by atoms with E-state index in [2.05, 4.69) is 89.8 Å². The van der Waals surface area contributed by atoms with Gasteiger partial charge in [-0.1, -0.05) is 96.7 Å². The first-order valence-electron chi connectivity index (χ1n) is 9.04. The van der Waals surface area contributed by atoms with Crippen LogP contribution >= 0.6 is 11.8 Å². The maximum atomic E-state index is 5.19. The van der Waals surface area contributed by atoms with Gasteiger partial charge in [-0.05, 0) is 22.3 Å². The molecule has 0 radical (unpaired) electrons. The molecule has 0 spiro atoms. The fourth-order valence-corrected chi connectivity index (χ4v) is 5.04. The Morgan fingerprint density at radius 3 is 2.08 bits per heavy atom. The molecule has 2 aliphatic heterocycles. The molecule has 5 rings (SSSR count). The summed E-state index contributed by atoms with van der Waals surface area (Å²) in [4.78, 5) is 7.69. The van der Waals surface area contributed by atoms with Gasteiger partial charge in [0.15, 0.2) is 5.17 Å². The standard InChI is InChI=1S/C23H20N2S/c1-3-9-17(10-4-1)21-22(18-11-5-2-6-12-18)25-15-19-13-7-8-14-20(19)16-26-23(25)24-21/h1-14,21-22H,15-16H2. The molecule has 26 heavy (non-hydrogen) atoms. The second-order valence-electron chi connectivity index (χ2n) is 6.81. The zero-order valence-corrected chi connectivity index (χ0v) is 15.3. The van der Waals surface area contributed by atoms with Gasteiger partial charge < -0.3 is 4.90 Å². The Bertz CT molecular complexity index is 937. The van der Waals surface area contributed by atoms with Crippen LogP contribution in [0.2, 0.25) is 0 Å². The molecule has 2 atom stereocenters. The molecule has 0 aliphatic carbocycles. The molecule has 0 fully saturated rings. The van der Waals surface area contributed by atoms with Crippen LogP contribution in [-0.4, -0.2) is 10.1 Å². The van der Waals surface area contributed by atoms with Gasteiger partial charge in [-0.3, -0.25) is 4.99 Å². The molecule has 0 N–H and O–H groups in total. The Morgan fingerprint density at radius 1 is 0.731 bits per heavy atom. The highest BCUT2D eigenvalue weighted by Crippen LogP contribution is 2.46. The Labute approximate surface area is 158 Å². The van der Waals surface area contributed by atoms with Crippen LogP contribution in [0.15, 0.2) is 89.9 Å². The van der Waals surface area contributed by atoms with Crippen molar-refractivity contribution in [3.8, 4) is 0 Å². The molecule has 3 aromatic carbocycles. The van der Waals surface area contributed by atoms with Gasteiger partial charge in [-0.25, -0.2) is 0 Å². The van der Waals surface area contributed by atoms with Gasteiger partial charge in [-0.2, -0.15) is 0 Å². The molecule has 2 nitrogen and oxygen atoms in total. The number of fused-ring (bicyclic) bond motifs is 2. The summed E-state index contributed by atoms with van der Waals surface area (Å²) in [5.41, 5.74) is 5.47. The predicted molar refractivity (Wildman–Crippen MR) is 109 cm³/mol. The third-order valence-corrected chi connectivity index (χ3v) is 6.28. The van der Waals surface area contributed by atoms with Crippen molar-refractivity contribution in [1.82, 2.24) is 4.90 Å². The monoisotopic (exact) mass is 356 g/mol. The summed E-state index contributed by atoms with van der Waals surface area (Å²) in [6, 6.07) is 30.7. The maximum absolute atomic E-state index is 5.19. The molecular weight excluding hydrogens is 336 g/mol. The average molecular weight is 356 g/mol. The lowest BCUT2D eigenvalue weighted by Crippen LogP contribution is -2.29. The minimum atomic E-state index is 0.145. The van der Waals surface area contributed by atoms with Crippen molar-refractivity contribution in [3.63, 3.8) is 0 Å². The van der Waals surface area contributed by atoms with Crippen LogP contribution in [-0.2, 0) is 12.3 Å². The van der Waals surface area contributed by atoms with Gasteiger partial charge in [0.05, 0.1) is 6.04 Å². The Morgan fingerprint density at radius 2 is 1.35 bits per heavy atom. The van der Waals surface area contributed by atoms with Crippen LogP contribution in [0.1, 0.15) is 34.3 Å². The molecule has 3 aromatic rings. The molecule has 0 amide bonds. The molecule has 2 aliphatic rings. The normalized spacial score (nSPS) is 21.5. The van der Waals surface area contributed by atoms with Crippen molar-refractivity contribution in [2.75, 3.05) is 0 Å². The van der Waals surface area contributed by atoms with Crippen LogP contribution in [0.3, 0.4) is 0 Å². The molecule has 0 saturated carbocycles. The highest BCUT2D eigenvalue weighted by Gasteiger charge is 2.39. The summed E-state index contributed by atoms with van der Waals surface area (Å²) in [5, 5.41) is 1.17. The van der Waals surface area contributed by atoms with Crippen molar-refractivity contribution in [2.45, 2.75) is 24.4 Å². The molecule has 3 heteroatoms. The lowest BCUT2D eigenvalue weighted by Gasteiger charge is -2.30. The first-order chi connectivity index (χ1) is 12.9. The summed E-state index contributed by atoms with van der Waals surface area (Å²) in [5.74, 6) is 0.995. The van der Waals surface area contributed by atoms with E-state index >= 15 is 0 Å². The minimum absolute atomic E-state index is 0.145. The lowest BCUT2D eigenvalue weighted by molar-refractivity contribution is 0.308. The van der Waals surface area contributed by atoms with Crippen molar-refractivity contribution in [1.29, 1.82) is 0 Å². The number of hydrogen-bond donors (Lipinski definition) is 0. The Balaban J connectivity index is 1.60. The molecule has 2 unspecified atom stereocenters. The molecule has 2 heterocycles. The number of rotatable bonds is 2. The minimum Gasteiger partial charge on any atom is -0.338 e. The number of aliphatic imine (C=N–C) groups is 1. The SMILES string of the molecule is c1ccc(C2N=C3SCc4ccccc4CN3C2c2ccccc2)cc1. The molecule has 128 valence electrons. The average Bonchev–Trinajstić information content (AvgIpc) is 2.97. The zero-order chi connectivity index (χ0) is 17.3. The van der Waals surface area contributed by atoms with Crippen LogP contribution in [0.5, 0.6) is 0 Å². The predicted octanol–water partition coefficient (Wildman–Crippen LogP) is 5.59. The van der Waals surface area contributed by atoms with Gasteiger partial charge in [0.1, 0.15) is 6.04 Å². The number of nitrogens with zero attached hydrogens (tertiary/aromatic N) is 2. The molecule has 0 saturated heterocycles. The van der Waals surface area contributed by atoms with Crippen LogP contribution in [0.4, 0.5) is 0 Å². The van der Waals surface area contributed by atoms with E-state index in [1.54, 1.807) is 0 Å². The third-order valence-electron chi connectivity index (χ3n) is 5.23. The first kappa shape index (κ1) is 15.7. The largest absolute Gasteiger partial charge is 0.338 e. The van der Waals surface area contributed by atoms with Crippen LogP contribution in [0.25, 0.3) is 0 Å². The Kier molecular flexibility index (Phi) is 4.02. The summed E-state index contributed by atoms with van der Waals surface area (Å²) in [7, 11) is 0. The van der Waals surface area contributed by atoms with Crippen LogP contribution in [0, 0.1) is 0 Å². The van der Waals surface area contributed by atoms with Crippen molar-refractivity contribution in [2.24, 2.45) is 4.99 Å². The van der Waals surface area contributed by atoms with E-state index < -0.39 is 0 Å². The van der Waals surface area contributed by atoms with E-state index in [1.165, 1.54) is 27.4 Å². The lowest BCUT2D eigenvalue weighted by atomic mass is 9.93. The first-order valence-corrected chi connectivity index (χ1v) is 10.0. The molecule has 0 bridgehead atoms. The molecular formula is C23H20N2S. The van der Waals surface area contributed by atoms with Crippen LogP contribution < -0.4 is 0 Å². The van der Waals surface area contributed by atoms with Gasteiger partial charge in [-0.15, -0.1) is 0 Å². The van der Waals surface area contributed by atoms with Gasteiger partial charge in [0.25, 0.3) is 0 Å². The van der Waals surface area contributed by atoms with Gasteiger partial charge >= 0.3 is 0 Å². The quantitative estimate of drug-likeness (QED) is 0.595. The van der Waals surface area contributed by atoms with Gasteiger partial charge in [0.2, 0.25) is 0 Å². The van der Waals surface area contributed by atoms with Crippen molar-refractivity contribution >= 4 is 16.9 Å².